The van der Waals surface area contributed by atoms with Crippen molar-refractivity contribution in [1.29, 1.82) is 0 Å². The number of hydrazine groups is 1. The number of carbonyl (C=O) groups excluding carboxylic acids is 2. The van der Waals surface area contributed by atoms with E-state index in [1.807, 2.05) is 0 Å². The van der Waals surface area contributed by atoms with E-state index in [1.165, 1.54) is 18.5 Å². The normalized spacial score (nSPS) is 11.1. The first-order chi connectivity index (χ1) is 11.3. The Morgan fingerprint density at radius 3 is 2.04 bits per heavy atom. The minimum atomic E-state index is -4.72. The van der Waals surface area contributed by atoms with Crippen molar-refractivity contribution in [1.82, 2.24) is 15.8 Å². The summed E-state index contributed by atoms with van der Waals surface area (Å²) in [5.41, 5.74) is 4.46. The third kappa shape index (κ3) is 3.90. The first-order valence-corrected chi connectivity index (χ1v) is 8.00. The van der Waals surface area contributed by atoms with Crippen LogP contribution in [0.25, 0.3) is 0 Å². The summed E-state index contributed by atoms with van der Waals surface area (Å²) >= 11 is 0. The van der Waals surface area contributed by atoms with E-state index in [-0.39, 0.29) is 11.1 Å². The van der Waals surface area contributed by atoms with Crippen molar-refractivity contribution in [3.63, 3.8) is 0 Å². The number of carbonyl (C=O) groups is 2. The molecular formula is C14H11F2N3O4S. The van der Waals surface area contributed by atoms with Crippen molar-refractivity contribution in [2.45, 2.75) is 10.7 Å². The van der Waals surface area contributed by atoms with Crippen LogP contribution >= 0.6 is 0 Å². The van der Waals surface area contributed by atoms with Crippen LogP contribution in [0.3, 0.4) is 0 Å². The molecule has 1 aromatic heterocycles. The summed E-state index contributed by atoms with van der Waals surface area (Å²) in [5, 5.41) is 0. The van der Waals surface area contributed by atoms with E-state index < -0.39 is 32.3 Å². The molecule has 126 valence electrons. The van der Waals surface area contributed by atoms with Gasteiger partial charge in [0.2, 0.25) is 9.84 Å². The first-order valence-electron chi connectivity index (χ1n) is 6.45. The number of nitrogens with one attached hydrogen (secondary N) is 2. The molecule has 0 unspecified atom stereocenters. The highest BCUT2D eigenvalue weighted by Crippen LogP contribution is 2.18. The minimum Gasteiger partial charge on any atom is -0.267 e. The molecule has 0 saturated carbocycles. The van der Waals surface area contributed by atoms with Crippen molar-refractivity contribution in [3.8, 4) is 0 Å². The Hall–Kier alpha value is -2.88. The number of hydrogen-bond acceptors (Lipinski definition) is 5. The maximum Gasteiger partial charge on any atom is 0.341 e. The molecule has 2 rings (SSSR count). The summed E-state index contributed by atoms with van der Waals surface area (Å²) in [6.45, 7) is 0. The zero-order chi connectivity index (χ0) is 17.7. The third-order valence-electron chi connectivity index (χ3n) is 2.89. The number of hydrogen-bond donors (Lipinski definition) is 2. The van der Waals surface area contributed by atoms with Crippen LogP contribution in [0, 0.1) is 0 Å². The summed E-state index contributed by atoms with van der Waals surface area (Å²) in [6.07, 6.45) is 2.77. The largest absolute Gasteiger partial charge is 0.341 e. The zero-order valence-electron chi connectivity index (χ0n) is 11.9. The van der Waals surface area contributed by atoms with Gasteiger partial charge in [-0.3, -0.25) is 25.4 Å². The second-order valence-corrected chi connectivity index (χ2v) is 6.40. The molecule has 10 heteroatoms. The van der Waals surface area contributed by atoms with Crippen LogP contribution in [-0.4, -0.2) is 31.0 Å². The lowest BCUT2D eigenvalue weighted by Crippen LogP contribution is -2.41. The van der Waals surface area contributed by atoms with Crippen molar-refractivity contribution in [3.05, 3.63) is 59.9 Å². The predicted octanol–water partition coefficient (Wildman–Crippen LogP) is 1.15. The van der Waals surface area contributed by atoms with Crippen LogP contribution < -0.4 is 10.9 Å². The summed E-state index contributed by atoms with van der Waals surface area (Å²) in [6, 6.07) is 6.91. The van der Waals surface area contributed by atoms with Crippen LogP contribution in [0.2, 0.25) is 0 Å². The van der Waals surface area contributed by atoms with Gasteiger partial charge in [-0.15, -0.1) is 0 Å². The molecule has 0 fully saturated rings. The topological polar surface area (TPSA) is 105 Å². The smallest absolute Gasteiger partial charge is 0.267 e. The van der Waals surface area contributed by atoms with Crippen LogP contribution in [-0.2, 0) is 9.84 Å². The van der Waals surface area contributed by atoms with Gasteiger partial charge in [0.25, 0.3) is 11.8 Å². The molecule has 2 N–H and O–H groups in total. The Kier molecular flexibility index (Phi) is 5.19. The van der Waals surface area contributed by atoms with Gasteiger partial charge in [0.15, 0.2) is 0 Å². The fraction of sp³-hybridized carbons (Fsp3) is 0.0714. The first kappa shape index (κ1) is 17.5. The summed E-state index contributed by atoms with van der Waals surface area (Å²) in [4.78, 5) is 26.7. The van der Waals surface area contributed by atoms with E-state index in [0.29, 0.717) is 0 Å². The molecule has 0 radical (unpaired) electrons. The molecule has 1 heterocycles. The molecule has 1 aromatic carbocycles. The highest BCUT2D eigenvalue weighted by atomic mass is 32.2. The van der Waals surface area contributed by atoms with E-state index >= 15 is 0 Å². The zero-order valence-corrected chi connectivity index (χ0v) is 12.8. The highest BCUT2D eigenvalue weighted by Gasteiger charge is 2.26. The van der Waals surface area contributed by atoms with Crippen molar-refractivity contribution in [2.75, 3.05) is 0 Å². The van der Waals surface area contributed by atoms with Gasteiger partial charge in [-0.1, -0.05) is 0 Å². The Balaban J connectivity index is 2.02. The summed E-state index contributed by atoms with van der Waals surface area (Å²) in [5.74, 6) is -4.89. The molecule has 7 nitrogen and oxygen atoms in total. The molecule has 2 aromatic rings. The monoisotopic (exact) mass is 355 g/mol. The number of nitrogens with zero attached hydrogens (tertiary/aromatic N) is 1. The molecule has 0 saturated heterocycles. The Labute approximate surface area is 135 Å². The number of amides is 2. The maximum atomic E-state index is 12.4. The van der Waals surface area contributed by atoms with Crippen molar-refractivity contribution in [2.24, 2.45) is 0 Å². The van der Waals surface area contributed by atoms with Gasteiger partial charge in [-0.05, 0) is 36.4 Å². The van der Waals surface area contributed by atoms with Gasteiger partial charge in [0, 0.05) is 18.0 Å². The SMILES string of the molecule is O=C(NNC(=O)c1cccnc1)c1ccc(S(=O)(=O)C(F)F)cc1. The van der Waals surface area contributed by atoms with E-state index in [9.17, 15) is 26.8 Å². The molecular weight excluding hydrogens is 344 g/mol. The number of aromatic nitrogens is 1. The lowest BCUT2D eigenvalue weighted by molar-refractivity contribution is 0.0846. The number of alkyl halides is 2. The summed E-state index contributed by atoms with van der Waals surface area (Å²) < 4.78 is 47.4. The number of sulfone groups is 1. The fourth-order valence-electron chi connectivity index (χ4n) is 1.65. The average molecular weight is 355 g/mol. The van der Waals surface area contributed by atoms with E-state index in [1.54, 1.807) is 6.07 Å². The van der Waals surface area contributed by atoms with E-state index in [4.69, 9.17) is 0 Å². The Bertz CT molecular complexity index is 840. The van der Waals surface area contributed by atoms with Gasteiger partial charge in [-0.25, -0.2) is 8.42 Å². The van der Waals surface area contributed by atoms with Gasteiger partial charge in [0.1, 0.15) is 0 Å². The Morgan fingerprint density at radius 2 is 1.54 bits per heavy atom. The quantitative estimate of drug-likeness (QED) is 0.801. The molecule has 0 bridgehead atoms. The van der Waals surface area contributed by atoms with Crippen molar-refractivity contribution >= 4 is 21.7 Å². The number of rotatable bonds is 4. The molecule has 0 atom stereocenters. The third-order valence-corrected chi connectivity index (χ3v) is 4.29. The van der Waals surface area contributed by atoms with Crippen LogP contribution in [0.5, 0.6) is 0 Å². The van der Waals surface area contributed by atoms with Gasteiger partial charge >= 0.3 is 5.76 Å². The van der Waals surface area contributed by atoms with Gasteiger partial charge < -0.3 is 0 Å². The molecule has 0 aliphatic rings. The van der Waals surface area contributed by atoms with E-state index in [0.717, 1.165) is 24.3 Å². The second-order valence-electron chi connectivity index (χ2n) is 4.48. The number of benzene rings is 1. The molecule has 24 heavy (non-hydrogen) atoms. The Morgan fingerprint density at radius 1 is 0.958 bits per heavy atom. The number of halogens is 2. The van der Waals surface area contributed by atoms with E-state index in [2.05, 4.69) is 15.8 Å². The number of pyridine rings is 1. The van der Waals surface area contributed by atoms with Crippen LogP contribution in [0.15, 0.2) is 53.7 Å². The molecule has 2 amide bonds. The summed E-state index contributed by atoms with van der Waals surface area (Å²) in [7, 11) is -4.72. The highest BCUT2D eigenvalue weighted by molar-refractivity contribution is 7.91. The fourth-order valence-corrected chi connectivity index (χ4v) is 2.37. The average Bonchev–Trinajstić information content (AvgIpc) is 2.60. The molecule has 0 aliphatic carbocycles. The standard InChI is InChI=1S/C14H11F2N3O4S/c15-14(16)24(22,23)11-5-3-9(4-6-11)12(20)18-19-13(21)10-2-1-7-17-8-10/h1-8,14H,(H,18,20)(H,19,21). The van der Waals surface area contributed by atoms with Gasteiger partial charge in [-0.2, -0.15) is 8.78 Å². The van der Waals surface area contributed by atoms with Crippen molar-refractivity contribution < 1.29 is 26.8 Å². The molecule has 0 aliphatic heterocycles. The lowest BCUT2D eigenvalue weighted by Gasteiger charge is -2.08. The second kappa shape index (κ2) is 7.13. The maximum absolute atomic E-state index is 12.4. The predicted molar refractivity (Wildman–Crippen MR) is 78.8 cm³/mol. The van der Waals surface area contributed by atoms with Crippen LogP contribution in [0.1, 0.15) is 20.7 Å². The van der Waals surface area contributed by atoms with Gasteiger partial charge in [0.05, 0.1) is 10.5 Å². The van der Waals surface area contributed by atoms with Crippen LogP contribution in [0.4, 0.5) is 8.78 Å². The lowest BCUT2D eigenvalue weighted by atomic mass is 10.2. The minimum absolute atomic E-state index is 0.0188. The molecule has 0 spiro atoms.